The Hall–Kier alpha value is -3.85. The van der Waals surface area contributed by atoms with Crippen molar-refractivity contribution in [2.45, 2.75) is 62.0 Å². The smallest absolute Gasteiger partial charge is 0.264 e. The van der Waals surface area contributed by atoms with E-state index >= 15 is 0 Å². The molecule has 1 atom stereocenters. The van der Waals surface area contributed by atoms with Gasteiger partial charge in [-0.05, 0) is 72.5 Å². The van der Waals surface area contributed by atoms with Crippen molar-refractivity contribution in [2.75, 3.05) is 10.8 Å². The maximum absolute atomic E-state index is 14.6. The molecule has 1 N–H and O–H groups in total. The zero-order valence-corrected chi connectivity index (χ0v) is 27.7. The second kappa shape index (κ2) is 15.6. The van der Waals surface area contributed by atoms with Gasteiger partial charge in [-0.1, -0.05) is 103 Å². The molecule has 240 valence electrons. The number of nitrogens with one attached hydrogen (secondary N) is 1. The van der Waals surface area contributed by atoms with Crippen molar-refractivity contribution >= 4 is 50.7 Å². The Kier molecular flexibility index (Phi) is 11.4. The topological polar surface area (TPSA) is 86.8 Å². The fourth-order valence-corrected chi connectivity index (χ4v) is 7.56. The van der Waals surface area contributed by atoms with Gasteiger partial charge in [0, 0.05) is 29.1 Å². The molecule has 7 nitrogen and oxygen atoms in total. The zero-order chi connectivity index (χ0) is 32.5. The lowest BCUT2D eigenvalue weighted by Crippen LogP contribution is -2.55. The molecule has 0 aromatic heterocycles. The first-order valence-electron chi connectivity index (χ1n) is 15.4. The van der Waals surface area contributed by atoms with E-state index in [-0.39, 0.29) is 35.5 Å². The summed E-state index contributed by atoms with van der Waals surface area (Å²) < 4.78 is 29.2. The molecular formula is C36H37Cl2N3O4S. The lowest BCUT2D eigenvalue weighted by atomic mass is 9.94. The van der Waals surface area contributed by atoms with Gasteiger partial charge in [0.2, 0.25) is 11.8 Å². The number of carbonyl (C=O) groups is 2. The van der Waals surface area contributed by atoms with Crippen molar-refractivity contribution in [1.29, 1.82) is 0 Å². The molecule has 1 fully saturated rings. The molecule has 46 heavy (non-hydrogen) atoms. The standard InChI is InChI=1S/C36H37Cl2N3O4S/c37-29-19-21-32(22-20-29)41(46(44,45)33-17-8-3-9-18-33)26-35(42)40(25-28-13-10-14-30(38)23-28)34(24-27-11-4-1-5-12-27)36(43)39-31-15-6-2-7-16-31/h1,3-5,8-14,17-23,31,34H,2,6-7,15-16,24-26H2,(H,39,43)/t34-/m0/s1. The van der Waals surface area contributed by atoms with Crippen LogP contribution in [-0.2, 0) is 32.6 Å². The Morgan fingerprint density at radius 1 is 0.761 bits per heavy atom. The van der Waals surface area contributed by atoms with E-state index in [4.69, 9.17) is 23.2 Å². The van der Waals surface area contributed by atoms with Crippen molar-refractivity contribution in [3.8, 4) is 0 Å². The van der Waals surface area contributed by atoms with E-state index in [1.54, 1.807) is 60.7 Å². The second-order valence-electron chi connectivity index (χ2n) is 11.5. The van der Waals surface area contributed by atoms with Crippen LogP contribution in [0.4, 0.5) is 5.69 Å². The summed E-state index contributed by atoms with van der Waals surface area (Å²) in [7, 11) is -4.18. The Bertz CT molecular complexity index is 1720. The minimum Gasteiger partial charge on any atom is -0.352 e. The van der Waals surface area contributed by atoms with Crippen molar-refractivity contribution in [3.63, 3.8) is 0 Å². The summed E-state index contributed by atoms with van der Waals surface area (Å²) in [6.45, 7) is -0.490. The molecule has 4 aromatic carbocycles. The third-order valence-corrected chi connectivity index (χ3v) is 10.5. The maximum atomic E-state index is 14.6. The third kappa shape index (κ3) is 8.69. The number of nitrogens with zero attached hydrogens (tertiary/aromatic N) is 2. The summed E-state index contributed by atoms with van der Waals surface area (Å²) in [5.41, 5.74) is 1.87. The highest BCUT2D eigenvalue weighted by Crippen LogP contribution is 2.27. The van der Waals surface area contributed by atoms with Crippen LogP contribution >= 0.6 is 23.2 Å². The molecule has 0 radical (unpaired) electrons. The zero-order valence-electron chi connectivity index (χ0n) is 25.4. The van der Waals surface area contributed by atoms with E-state index < -0.39 is 28.5 Å². The van der Waals surface area contributed by atoms with Gasteiger partial charge in [-0.25, -0.2) is 8.42 Å². The molecule has 4 aromatic rings. The van der Waals surface area contributed by atoms with Crippen LogP contribution in [0.25, 0.3) is 0 Å². The summed E-state index contributed by atoms with van der Waals surface area (Å²) in [4.78, 5) is 30.2. The number of hydrogen-bond donors (Lipinski definition) is 1. The van der Waals surface area contributed by atoms with Gasteiger partial charge in [0.15, 0.2) is 0 Å². The summed E-state index contributed by atoms with van der Waals surface area (Å²) >= 11 is 12.5. The van der Waals surface area contributed by atoms with E-state index in [0.29, 0.717) is 15.6 Å². The molecule has 1 aliphatic rings. The predicted molar refractivity (Wildman–Crippen MR) is 183 cm³/mol. The number of anilines is 1. The molecule has 0 bridgehead atoms. The quantitative estimate of drug-likeness (QED) is 0.171. The minimum atomic E-state index is -4.18. The lowest BCUT2D eigenvalue weighted by molar-refractivity contribution is -0.140. The molecule has 0 aliphatic heterocycles. The molecule has 1 saturated carbocycles. The van der Waals surface area contributed by atoms with E-state index in [1.165, 1.54) is 17.0 Å². The molecule has 5 rings (SSSR count). The van der Waals surface area contributed by atoms with Gasteiger partial charge >= 0.3 is 0 Å². The van der Waals surface area contributed by atoms with Crippen LogP contribution < -0.4 is 9.62 Å². The summed E-state index contributed by atoms with van der Waals surface area (Å²) in [6, 6.07) is 30.0. The SMILES string of the molecule is O=C(NC1CCCCC1)[C@H](Cc1ccccc1)N(Cc1cccc(Cl)c1)C(=O)CN(c1ccc(Cl)cc1)S(=O)(=O)c1ccccc1. The number of benzene rings is 4. The number of sulfonamides is 1. The minimum absolute atomic E-state index is 0.0201. The Morgan fingerprint density at radius 3 is 2.04 bits per heavy atom. The van der Waals surface area contributed by atoms with Crippen LogP contribution in [-0.4, -0.2) is 43.8 Å². The van der Waals surface area contributed by atoms with E-state index in [9.17, 15) is 18.0 Å². The fraction of sp³-hybridized carbons (Fsp3) is 0.278. The van der Waals surface area contributed by atoms with Gasteiger partial charge in [0.1, 0.15) is 12.6 Å². The van der Waals surface area contributed by atoms with Gasteiger partial charge in [-0.15, -0.1) is 0 Å². The number of rotatable bonds is 12. The largest absolute Gasteiger partial charge is 0.352 e. The Morgan fingerprint density at radius 2 is 1.39 bits per heavy atom. The first-order chi connectivity index (χ1) is 22.2. The van der Waals surface area contributed by atoms with Crippen molar-refractivity contribution in [2.24, 2.45) is 0 Å². The normalized spacial score (nSPS) is 14.3. The van der Waals surface area contributed by atoms with Gasteiger partial charge in [-0.3, -0.25) is 13.9 Å². The van der Waals surface area contributed by atoms with Crippen molar-refractivity contribution < 1.29 is 18.0 Å². The van der Waals surface area contributed by atoms with Gasteiger partial charge in [-0.2, -0.15) is 0 Å². The monoisotopic (exact) mass is 677 g/mol. The van der Waals surface area contributed by atoms with Crippen LogP contribution in [0.1, 0.15) is 43.2 Å². The predicted octanol–water partition coefficient (Wildman–Crippen LogP) is 7.28. The highest BCUT2D eigenvalue weighted by Gasteiger charge is 2.35. The first kappa shape index (κ1) is 33.5. The summed E-state index contributed by atoms with van der Waals surface area (Å²) in [6.07, 6.45) is 5.21. The molecule has 1 aliphatic carbocycles. The summed E-state index contributed by atoms with van der Waals surface area (Å²) in [5, 5.41) is 4.13. The molecule has 0 spiro atoms. The first-order valence-corrected chi connectivity index (χ1v) is 17.6. The molecular weight excluding hydrogens is 641 g/mol. The molecule has 10 heteroatoms. The van der Waals surface area contributed by atoms with Crippen molar-refractivity contribution in [1.82, 2.24) is 10.2 Å². The van der Waals surface area contributed by atoms with Crippen LogP contribution in [0.5, 0.6) is 0 Å². The van der Waals surface area contributed by atoms with Crippen molar-refractivity contribution in [3.05, 3.63) is 130 Å². The summed E-state index contributed by atoms with van der Waals surface area (Å²) in [5.74, 6) is -0.802. The average Bonchev–Trinajstić information content (AvgIpc) is 3.07. The van der Waals surface area contributed by atoms with Crippen LogP contribution in [0, 0.1) is 0 Å². The lowest BCUT2D eigenvalue weighted by Gasteiger charge is -2.35. The van der Waals surface area contributed by atoms with Gasteiger partial charge < -0.3 is 10.2 Å². The molecule has 0 heterocycles. The Labute approximate surface area is 281 Å². The number of halogens is 2. The van der Waals surface area contributed by atoms with Crippen LogP contribution in [0.2, 0.25) is 10.0 Å². The molecule has 0 unspecified atom stereocenters. The third-order valence-electron chi connectivity index (χ3n) is 8.19. The van der Waals surface area contributed by atoms with Gasteiger partial charge in [0.25, 0.3) is 10.0 Å². The Balaban J connectivity index is 1.55. The molecule has 2 amide bonds. The number of hydrogen-bond acceptors (Lipinski definition) is 4. The highest BCUT2D eigenvalue weighted by molar-refractivity contribution is 7.92. The van der Waals surface area contributed by atoms with Gasteiger partial charge in [0.05, 0.1) is 10.6 Å². The van der Waals surface area contributed by atoms with E-state index in [0.717, 1.165) is 42.0 Å². The maximum Gasteiger partial charge on any atom is 0.264 e. The number of amides is 2. The van der Waals surface area contributed by atoms with E-state index in [2.05, 4.69) is 5.32 Å². The average molecular weight is 679 g/mol. The van der Waals surface area contributed by atoms with Crippen LogP contribution in [0.3, 0.4) is 0 Å². The second-order valence-corrected chi connectivity index (χ2v) is 14.2. The van der Waals surface area contributed by atoms with E-state index in [1.807, 2.05) is 36.4 Å². The fourth-order valence-electron chi connectivity index (χ4n) is 5.79. The number of carbonyl (C=O) groups excluding carboxylic acids is 2. The molecule has 0 saturated heterocycles. The van der Waals surface area contributed by atoms with Crippen LogP contribution in [0.15, 0.2) is 114 Å². The highest BCUT2D eigenvalue weighted by atomic mass is 35.5.